The number of hydrogen-bond donors (Lipinski definition) is 2. The van der Waals surface area contributed by atoms with Gasteiger partial charge in [0.15, 0.2) is 5.78 Å². The van der Waals surface area contributed by atoms with Crippen LogP contribution >= 0.6 is 11.8 Å². The first kappa shape index (κ1) is 26.2. The third kappa shape index (κ3) is 13.4. The zero-order valence-electron chi connectivity index (χ0n) is 18.3. The Morgan fingerprint density at radius 2 is 1.57 bits per heavy atom. The van der Waals surface area contributed by atoms with Gasteiger partial charge in [0.25, 0.3) is 0 Å². The Bertz CT molecular complexity index is 580. The number of ketones is 1. The third-order valence-corrected chi connectivity index (χ3v) is 4.21. The van der Waals surface area contributed by atoms with Crippen molar-refractivity contribution in [2.24, 2.45) is 4.99 Å². The van der Waals surface area contributed by atoms with Crippen LogP contribution < -0.4 is 10.6 Å². The molecular weight excluding hydrogens is 384 g/mol. The third-order valence-electron chi connectivity index (χ3n) is 2.70. The van der Waals surface area contributed by atoms with E-state index in [2.05, 4.69) is 15.6 Å². The summed E-state index contributed by atoms with van der Waals surface area (Å²) in [6.45, 7) is 12.2. The highest BCUT2D eigenvalue weighted by Crippen LogP contribution is 2.13. The maximum Gasteiger partial charge on any atom is 0.437 e. The molecule has 0 fully saturated rings. The maximum absolute atomic E-state index is 12.0. The number of carbonyl (C=O) groups is 3. The van der Waals surface area contributed by atoms with Crippen LogP contribution in [0.1, 0.15) is 48.5 Å². The number of rotatable bonds is 6. The number of guanidine groups is 1. The van der Waals surface area contributed by atoms with Crippen LogP contribution in [0.25, 0.3) is 0 Å². The number of amides is 2. The summed E-state index contributed by atoms with van der Waals surface area (Å²) in [6, 6.07) is 0. The van der Waals surface area contributed by atoms with Crippen LogP contribution in [0.5, 0.6) is 0 Å². The summed E-state index contributed by atoms with van der Waals surface area (Å²) in [7, 11) is 3.65. The molecule has 0 heterocycles. The lowest BCUT2D eigenvalue weighted by atomic mass is 10.2. The minimum absolute atomic E-state index is 0.0459. The largest absolute Gasteiger partial charge is 0.444 e. The predicted molar refractivity (Wildman–Crippen MR) is 112 cm³/mol. The fourth-order valence-corrected chi connectivity index (χ4v) is 2.83. The zero-order chi connectivity index (χ0) is 22.1. The number of carbonyl (C=O) groups excluding carboxylic acids is 3. The monoisotopic (exact) mass is 418 g/mol. The van der Waals surface area contributed by atoms with Crippen LogP contribution in [0.3, 0.4) is 0 Å². The predicted octanol–water partition coefficient (Wildman–Crippen LogP) is 2.60. The molecule has 9 nitrogen and oxygen atoms in total. The average Bonchev–Trinajstić information content (AvgIpc) is 2.41. The summed E-state index contributed by atoms with van der Waals surface area (Å²) in [4.78, 5) is 41.2. The van der Waals surface area contributed by atoms with Crippen LogP contribution in [0.4, 0.5) is 9.59 Å². The highest BCUT2D eigenvalue weighted by molar-refractivity contribution is 8.00. The molecule has 0 aliphatic heterocycles. The summed E-state index contributed by atoms with van der Waals surface area (Å²) in [5.41, 5.74) is -1.41. The highest BCUT2D eigenvalue weighted by atomic mass is 32.2. The van der Waals surface area contributed by atoms with E-state index in [-0.39, 0.29) is 17.1 Å². The molecule has 1 unspecified atom stereocenters. The lowest BCUT2D eigenvalue weighted by Gasteiger charge is -2.22. The van der Waals surface area contributed by atoms with E-state index in [1.807, 2.05) is 19.0 Å². The molecule has 0 aromatic heterocycles. The van der Waals surface area contributed by atoms with Crippen molar-refractivity contribution in [2.45, 2.75) is 65.0 Å². The minimum Gasteiger partial charge on any atom is -0.444 e. The maximum atomic E-state index is 12.0. The molecular formula is C18H34N4O5S. The standard InChI is InChI=1S/C18H34N4O5S/c1-12(23)13(22(8)9)28-11-10-19-14(20-15(24)26-17(2,3)4)21-16(25)27-18(5,6)7/h13H,10-11H2,1-9H3,(H2,19,20,21,24,25). The molecule has 0 rings (SSSR count). The van der Waals surface area contributed by atoms with E-state index in [1.54, 1.807) is 41.5 Å². The normalized spacial score (nSPS) is 13.7. The smallest absolute Gasteiger partial charge is 0.437 e. The number of hydrogen-bond acceptors (Lipinski definition) is 7. The van der Waals surface area contributed by atoms with Crippen LogP contribution in [0.2, 0.25) is 0 Å². The van der Waals surface area contributed by atoms with Gasteiger partial charge < -0.3 is 14.8 Å². The number of alkyl carbamates (subject to hydrolysis) is 1. The molecule has 0 aromatic carbocycles. The summed E-state index contributed by atoms with van der Waals surface area (Å²) in [5.74, 6) is 0.518. The second kappa shape index (κ2) is 11.3. The molecule has 1 atom stereocenters. The Hall–Kier alpha value is -1.81. The van der Waals surface area contributed by atoms with Gasteiger partial charge in [-0.3, -0.25) is 15.0 Å². The molecule has 162 valence electrons. The second-order valence-electron chi connectivity index (χ2n) is 8.29. The van der Waals surface area contributed by atoms with Gasteiger partial charge in [0, 0.05) is 12.3 Å². The number of likely N-dealkylation sites (N-methyl/N-ethyl adjacent to an activating group) is 1. The molecule has 2 amide bonds. The van der Waals surface area contributed by atoms with Crippen molar-refractivity contribution in [3.8, 4) is 0 Å². The van der Waals surface area contributed by atoms with Crippen molar-refractivity contribution < 1.29 is 23.9 Å². The quantitative estimate of drug-likeness (QED) is 0.293. The van der Waals surface area contributed by atoms with E-state index in [1.165, 1.54) is 18.7 Å². The summed E-state index contributed by atoms with van der Waals surface area (Å²) >= 11 is 1.44. The van der Waals surface area contributed by atoms with E-state index in [9.17, 15) is 14.4 Å². The van der Waals surface area contributed by atoms with Gasteiger partial charge in [-0.05, 0) is 62.6 Å². The van der Waals surface area contributed by atoms with E-state index in [4.69, 9.17) is 9.47 Å². The van der Waals surface area contributed by atoms with Crippen molar-refractivity contribution in [3.05, 3.63) is 0 Å². The van der Waals surface area contributed by atoms with Gasteiger partial charge in [0.05, 0.1) is 0 Å². The number of ether oxygens (including phenoxy) is 2. The van der Waals surface area contributed by atoms with Crippen molar-refractivity contribution in [3.63, 3.8) is 0 Å². The number of nitrogens with zero attached hydrogens (tertiary/aromatic N) is 2. The topological polar surface area (TPSA) is 109 Å². The molecule has 0 saturated carbocycles. The first-order valence-corrected chi connectivity index (χ1v) is 9.99. The molecule has 0 bridgehead atoms. The van der Waals surface area contributed by atoms with Gasteiger partial charge in [0.2, 0.25) is 5.96 Å². The van der Waals surface area contributed by atoms with Crippen molar-refractivity contribution in [2.75, 3.05) is 26.4 Å². The van der Waals surface area contributed by atoms with Crippen molar-refractivity contribution in [1.29, 1.82) is 0 Å². The van der Waals surface area contributed by atoms with Gasteiger partial charge in [-0.2, -0.15) is 0 Å². The molecule has 0 spiro atoms. The SMILES string of the molecule is CC(=O)C(SCCN/C(=N\C(=O)OC(C)(C)C)NC(=O)OC(C)(C)C)N(C)C. The van der Waals surface area contributed by atoms with Crippen LogP contribution in [-0.2, 0) is 14.3 Å². The summed E-state index contributed by atoms with van der Waals surface area (Å²) in [6.07, 6.45) is -1.58. The highest BCUT2D eigenvalue weighted by Gasteiger charge is 2.21. The Morgan fingerprint density at radius 1 is 1.04 bits per heavy atom. The van der Waals surface area contributed by atoms with E-state index >= 15 is 0 Å². The lowest BCUT2D eigenvalue weighted by Crippen LogP contribution is -2.45. The zero-order valence-corrected chi connectivity index (χ0v) is 19.2. The average molecular weight is 419 g/mol. The Kier molecular flexibility index (Phi) is 10.5. The second-order valence-corrected chi connectivity index (χ2v) is 9.48. The molecule has 0 radical (unpaired) electrons. The molecule has 10 heteroatoms. The van der Waals surface area contributed by atoms with Crippen LogP contribution in [0, 0.1) is 0 Å². The van der Waals surface area contributed by atoms with Gasteiger partial charge in [0.1, 0.15) is 16.6 Å². The van der Waals surface area contributed by atoms with E-state index in [0.717, 1.165) is 0 Å². The van der Waals surface area contributed by atoms with Crippen molar-refractivity contribution >= 4 is 35.7 Å². The molecule has 0 saturated heterocycles. The number of thioether (sulfide) groups is 1. The lowest BCUT2D eigenvalue weighted by molar-refractivity contribution is -0.118. The van der Waals surface area contributed by atoms with Crippen molar-refractivity contribution in [1.82, 2.24) is 15.5 Å². The van der Waals surface area contributed by atoms with Gasteiger partial charge in [-0.25, -0.2) is 9.59 Å². The van der Waals surface area contributed by atoms with Gasteiger partial charge in [-0.15, -0.1) is 16.8 Å². The van der Waals surface area contributed by atoms with E-state index < -0.39 is 23.4 Å². The number of nitrogens with one attached hydrogen (secondary N) is 2. The van der Waals surface area contributed by atoms with Crippen LogP contribution in [0.15, 0.2) is 4.99 Å². The van der Waals surface area contributed by atoms with Crippen LogP contribution in [-0.4, -0.2) is 71.8 Å². The molecule has 28 heavy (non-hydrogen) atoms. The number of Topliss-reactive ketones (excluding diaryl/α,β-unsaturated/α-hetero) is 1. The molecule has 0 aliphatic carbocycles. The molecule has 0 aliphatic rings. The fourth-order valence-electron chi connectivity index (χ4n) is 1.86. The molecule has 0 aromatic rings. The fraction of sp³-hybridized carbons (Fsp3) is 0.778. The van der Waals surface area contributed by atoms with Gasteiger partial charge >= 0.3 is 12.2 Å². The molecule has 2 N–H and O–H groups in total. The number of aliphatic imine (C=N–C) groups is 1. The first-order chi connectivity index (χ1) is 12.6. The summed E-state index contributed by atoms with van der Waals surface area (Å²) < 4.78 is 10.3. The summed E-state index contributed by atoms with van der Waals surface area (Å²) in [5, 5.41) is 5.02. The first-order valence-electron chi connectivity index (χ1n) is 8.95. The Morgan fingerprint density at radius 3 is 2.00 bits per heavy atom. The minimum atomic E-state index is -0.839. The van der Waals surface area contributed by atoms with E-state index in [0.29, 0.717) is 12.3 Å². The van der Waals surface area contributed by atoms with Gasteiger partial charge in [-0.1, -0.05) is 0 Å². The Labute approximate surface area is 172 Å². The Balaban J connectivity index is 4.96.